The molecule has 6 heteroatoms. The maximum Gasteiger partial charge on any atom is 0.227 e. The van der Waals surface area contributed by atoms with E-state index in [0.29, 0.717) is 29.2 Å². The van der Waals surface area contributed by atoms with Crippen LogP contribution in [-0.2, 0) is 0 Å². The Morgan fingerprint density at radius 3 is 2.59 bits per heavy atom. The maximum absolute atomic E-state index is 15.0. The molecule has 4 nitrogen and oxygen atoms in total. The number of halogens is 1. The Morgan fingerprint density at radius 1 is 1.07 bits per heavy atom. The van der Waals surface area contributed by atoms with Gasteiger partial charge in [-0.2, -0.15) is 0 Å². The van der Waals surface area contributed by atoms with E-state index in [4.69, 9.17) is 4.42 Å². The zero-order valence-corrected chi connectivity index (χ0v) is 17.9. The monoisotopic (exact) mass is 409 g/mol. The summed E-state index contributed by atoms with van der Waals surface area (Å²) in [6.45, 7) is 8.35. The van der Waals surface area contributed by atoms with Crippen LogP contribution in [0.2, 0.25) is 0 Å². The number of piperidine rings is 1. The van der Waals surface area contributed by atoms with E-state index in [1.54, 1.807) is 17.4 Å². The molecule has 1 fully saturated rings. The van der Waals surface area contributed by atoms with Gasteiger partial charge in [0, 0.05) is 29.0 Å². The van der Waals surface area contributed by atoms with Crippen molar-refractivity contribution in [3.8, 4) is 11.3 Å². The van der Waals surface area contributed by atoms with Crippen molar-refractivity contribution in [2.24, 2.45) is 0 Å². The zero-order chi connectivity index (χ0) is 20.3. The van der Waals surface area contributed by atoms with Gasteiger partial charge in [0.25, 0.3) is 0 Å². The van der Waals surface area contributed by atoms with Crippen LogP contribution in [0.1, 0.15) is 48.9 Å². The fraction of sp³-hybridized carbons (Fsp3) is 0.391. The van der Waals surface area contributed by atoms with Crippen LogP contribution in [0.15, 0.2) is 28.7 Å². The number of pyridine rings is 1. The molecule has 0 amide bonds. The highest BCUT2D eigenvalue weighted by Crippen LogP contribution is 2.38. The lowest BCUT2D eigenvalue weighted by atomic mass is 9.89. The Labute approximate surface area is 173 Å². The summed E-state index contributed by atoms with van der Waals surface area (Å²) in [6, 6.07) is 8.44. The standard InChI is InChI=1S/C23H24FN3OS/c1-11-5-19(26-22-17(11)8-14(4)28-22)15-9-18(24)21-20(10-15)29-23(27-21)16-6-12(2)25-13(3)7-16/h5,8-10,12-13,16,25H,6-7H2,1-4H3/t12-,13+,16?. The van der Waals surface area contributed by atoms with Crippen molar-refractivity contribution in [2.45, 2.75) is 58.5 Å². The van der Waals surface area contributed by atoms with Gasteiger partial charge in [0.15, 0.2) is 5.82 Å². The van der Waals surface area contributed by atoms with Crippen LogP contribution in [0.25, 0.3) is 32.6 Å². The average Bonchev–Trinajstić information content (AvgIpc) is 3.24. The minimum absolute atomic E-state index is 0.287. The highest BCUT2D eigenvalue weighted by molar-refractivity contribution is 7.18. The summed E-state index contributed by atoms with van der Waals surface area (Å²) in [4.78, 5) is 9.32. The van der Waals surface area contributed by atoms with Gasteiger partial charge in [-0.05, 0) is 70.4 Å². The molecule has 1 unspecified atom stereocenters. The van der Waals surface area contributed by atoms with Gasteiger partial charge >= 0.3 is 0 Å². The highest BCUT2D eigenvalue weighted by Gasteiger charge is 2.27. The first-order chi connectivity index (χ1) is 13.9. The molecule has 4 heterocycles. The Bertz CT molecular complexity index is 1220. The van der Waals surface area contributed by atoms with Crippen molar-refractivity contribution in [1.82, 2.24) is 15.3 Å². The quantitative estimate of drug-likeness (QED) is 0.434. The van der Waals surface area contributed by atoms with Crippen molar-refractivity contribution in [1.29, 1.82) is 0 Å². The lowest BCUT2D eigenvalue weighted by Crippen LogP contribution is -2.41. The van der Waals surface area contributed by atoms with E-state index in [9.17, 15) is 4.39 Å². The number of furan rings is 1. The van der Waals surface area contributed by atoms with Crippen molar-refractivity contribution in [3.63, 3.8) is 0 Å². The smallest absolute Gasteiger partial charge is 0.227 e. The van der Waals surface area contributed by atoms with Crippen LogP contribution in [0, 0.1) is 19.7 Å². The SMILES string of the molecule is Cc1cc2c(C)cc(-c3cc(F)c4nc(C5C[C@@H](C)N[C@@H](C)C5)sc4c3)nc2o1. The molecule has 1 N–H and O–H groups in total. The summed E-state index contributed by atoms with van der Waals surface area (Å²) >= 11 is 1.61. The van der Waals surface area contributed by atoms with Crippen molar-refractivity contribution in [2.75, 3.05) is 0 Å². The molecule has 0 spiro atoms. The number of nitrogens with one attached hydrogen (secondary N) is 1. The van der Waals surface area contributed by atoms with Crippen LogP contribution in [0.5, 0.6) is 0 Å². The number of aryl methyl sites for hydroxylation is 2. The molecule has 29 heavy (non-hydrogen) atoms. The first kappa shape index (κ1) is 18.7. The minimum Gasteiger partial charge on any atom is -0.443 e. The van der Waals surface area contributed by atoms with Crippen LogP contribution in [0.4, 0.5) is 4.39 Å². The van der Waals surface area contributed by atoms with Crippen LogP contribution >= 0.6 is 11.3 Å². The maximum atomic E-state index is 15.0. The number of rotatable bonds is 2. The molecule has 5 rings (SSSR count). The largest absolute Gasteiger partial charge is 0.443 e. The molecule has 0 bridgehead atoms. The molecule has 1 aliphatic rings. The minimum atomic E-state index is -0.287. The second kappa shape index (κ2) is 6.89. The molecule has 1 saturated heterocycles. The van der Waals surface area contributed by atoms with Crippen LogP contribution in [-0.4, -0.2) is 22.1 Å². The number of fused-ring (bicyclic) bond motifs is 2. The molecule has 4 aromatic rings. The Hall–Kier alpha value is -2.31. The molecule has 1 aromatic carbocycles. The molecule has 1 aliphatic heterocycles. The number of aromatic nitrogens is 2. The third kappa shape index (κ3) is 3.34. The molecule has 3 atom stereocenters. The number of hydrogen-bond donors (Lipinski definition) is 1. The Balaban J connectivity index is 1.58. The van der Waals surface area contributed by atoms with E-state index in [2.05, 4.69) is 29.1 Å². The van der Waals surface area contributed by atoms with E-state index in [1.807, 2.05) is 32.0 Å². The fourth-order valence-corrected chi connectivity index (χ4v) is 5.69. The second-order valence-corrected chi connectivity index (χ2v) is 9.46. The molecule has 3 aromatic heterocycles. The third-order valence-corrected chi connectivity index (χ3v) is 6.96. The van der Waals surface area contributed by atoms with Crippen LogP contribution in [0.3, 0.4) is 0 Å². The number of hydrogen-bond acceptors (Lipinski definition) is 5. The third-order valence-electron chi connectivity index (χ3n) is 5.79. The van der Waals surface area contributed by atoms with Gasteiger partial charge in [0.1, 0.15) is 11.3 Å². The lowest BCUT2D eigenvalue weighted by molar-refractivity contribution is 0.316. The van der Waals surface area contributed by atoms with Crippen molar-refractivity contribution in [3.05, 3.63) is 46.4 Å². The van der Waals surface area contributed by atoms with E-state index < -0.39 is 0 Å². The predicted octanol–water partition coefficient (Wildman–Crippen LogP) is 6.10. The van der Waals surface area contributed by atoms with E-state index in [0.717, 1.165) is 50.5 Å². The second-order valence-electron chi connectivity index (χ2n) is 8.39. The summed E-state index contributed by atoms with van der Waals surface area (Å²) in [5.41, 5.74) is 3.63. The van der Waals surface area contributed by atoms with Gasteiger partial charge in [0.2, 0.25) is 5.71 Å². The summed E-state index contributed by atoms with van der Waals surface area (Å²) in [5.74, 6) is 0.918. The summed E-state index contributed by atoms with van der Waals surface area (Å²) in [7, 11) is 0. The Morgan fingerprint density at radius 2 is 1.83 bits per heavy atom. The normalized spacial score (nSPS) is 22.6. The average molecular weight is 410 g/mol. The van der Waals surface area contributed by atoms with E-state index in [1.165, 1.54) is 0 Å². The van der Waals surface area contributed by atoms with Gasteiger partial charge in [-0.3, -0.25) is 0 Å². The molecule has 0 aliphatic carbocycles. The summed E-state index contributed by atoms with van der Waals surface area (Å²) < 4.78 is 21.6. The first-order valence-electron chi connectivity index (χ1n) is 10.1. The molecular formula is C23H24FN3OS. The summed E-state index contributed by atoms with van der Waals surface area (Å²) in [6.07, 6.45) is 2.07. The Kier molecular flexibility index (Phi) is 4.44. The topological polar surface area (TPSA) is 51.0 Å². The van der Waals surface area contributed by atoms with Crippen LogP contribution < -0.4 is 5.32 Å². The van der Waals surface area contributed by atoms with E-state index >= 15 is 0 Å². The summed E-state index contributed by atoms with van der Waals surface area (Å²) in [5, 5.41) is 5.60. The molecule has 150 valence electrons. The lowest BCUT2D eigenvalue weighted by Gasteiger charge is -2.31. The van der Waals surface area contributed by atoms with Gasteiger partial charge in [0.05, 0.1) is 15.4 Å². The van der Waals surface area contributed by atoms with E-state index in [-0.39, 0.29) is 5.82 Å². The predicted molar refractivity (Wildman–Crippen MR) is 116 cm³/mol. The molecule has 0 saturated carbocycles. The zero-order valence-electron chi connectivity index (χ0n) is 17.0. The molecular weight excluding hydrogens is 385 g/mol. The van der Waals surface area contributed by atoms with Crippen molar-refractivity contribution >= 4 is 32.7 Å². The van der Waals surface area contributed by atoms with Gasteiger partial charge in [-0.15, -0.1) is 11.3 Å². The number of nitrogens with zero attached hydrogens (tertiary/aromatic N) is 2. The van der Waals surface area contributed by atoms with Gasteiger partial charge < -0.3 is 9.73 Å². The fourth-order valence-electron chi connectivity index (χ4n) is 4.54. The van der Waals surface area contributed by atoms with Gasteiger partial charge in [-0.25, -0.2) is 14.4 Å². The number of benzene rings is 1. The molecule has 0 radical (unpaired) electrons. The highest BCUT2D eigenvalue weighted by atomic mass is 32.1. The van der Waals surface area contributed by atoms with Gasteiger partial charge in [-0.1, -0.05) is 0 Å². The first-order valence-corrected chi connectivity index (χ1v) is 10.9. The number of thiazole rings is 1. The van der Waals surface area contributed by atoms with Crippen molar-refractivity contribution < 1.29 is 8.81 Å².